The number of hydrogen-bond donors (Lipinski definition) is 4. The van der Waals surface area contributed by atoms with Gasteiger partial charge in [0.25, 0.3) is 0 Å². The van der Waals surface area contributed by atoms with Gasteiger partial charge in [-0.25, -0.2) is 0 Å². The van der Waals surface area contributed by atoms with Crippen LogP contribution in [0, 0.1) is 0 Å². The van der Waals surface area contributed by atoms with Crippen molar-refractivity contribution < 1.29 is 10.2 Å². The quantitative estimate of drug-likeness (QED) is 0.595. The molecule has 16 heavy (non-hydrogen) atoms. The number of aromatic hydroxyl groups is 2. The van der Waals surface area contributed by atoms with Crippen molar-refractivity contribution in [3.05, 3.63) is 23.8 Å². The van der Waals surface area contributed by atoms with Gasteiger partial charge in [0.15, 0.2) is 0 Å². The Hall–Kier alpha value is -0.970. The standard InChI is InChI=1S/C11H18N2O2.ClH/c12-6-2-1-3-10(13)9-5-4-8(14)7-11(9)15;/h4-5,7,10,14-15H,1-3,6,12-13H2;1H/t10-;/m1./s1. The van der Waals surface area contributed by atoms with Gasteiger partial charge >= 0.3 is 0 Å². The lowest BCUT2D eigenvalue weighted by atomic mass is 10.0. The van der Waals surface area contributed by atoms with Crippen molar-refractivity contribution >= 4 is 12.4 Å². The molecule has 0 aliphatic carbocycles. The minimum Gasteiger partial charge on any atom is -0.508 e. The van der Waals surface area contributed by atoms with Crippen LogP contribution in [0.25, 0.3) is 0 Å². The van der Waals surface area contributed by atoms with Crippen LogP contribution in [-0.2, 0) is 0 Å². The maximum atomic E-state index is 9.55. The Morgan fingerprint density at radius 2 is 1.88 bits per heavy atom. The average Bonchev–Trinajstić information content (AvgIpc) is 2.17. The number of benzene rings is 1. The number of rotatable bonds is 5. The molecule has 0 unspecified atom stereocenters. The third kappa shape index (κ3) is 4.26. The monoisotopic (exact) mass is 246 g/mol. The molecule has 5 heteroatoms. The number of phenolic OH excluding ortho intramolecular Hbond substituents is 2. The Bertz CT molecular complexity index is 321. The molecular weight excluding hydrogens is 228 g/mol. The summed E-state index contributed by atoms with van der Waals surface area (Å²) < 4.78 is 0. The molecule has 0 aromatic heterocycles. The molecular formula is C11H19ClN2O2. The highest BCUT2D eigenvalue weighted by atomic mass is 35.5. The Labute approximate surface area is 102 Å². The predicted molar refractivity (Wildman–Crippen MR) is 66.9 cm³/mol. The molecule has 1 atom stereocenters. The van der Waals surface area contributed by atoms with Crippen LogP contribution in [0.2, 0.25) is 0 Å². The van der Waals surface area contributed by atoms with E-state index in [1.54, 1.807) is 6.07 Å². The van der Waals surface area contributed by atoms with Crippen molar-refractivity contribution in [2.24, 2.45) is 11.5 Å². The van der Waals surface area contributed by atoms with Crippen molar-refractivity contribution in [3.8, 4) is 11.5 Å². The van der Waals surface area contributed by atoms with E-state index in [1.165, 1.54) is 12.1 Å². The van der Waals surface area contributed by atoms with E-state index in [2.05, 4.69) is 0 Å². The van der Waals surface area contributed by atoms with Crippen LogP contribution in [0.4, 0.5) is 0 Å². The first kappa shape index (κ1) is 15.0. The fourth-order valence-corrected chi connectivity index (χ4v) is 1.51. The maximum Gasteiger partial charge on any atom is 0.124 e. The molecule has 0 fully saturated rings. The lowest BCUT2D eigenvalue weighted by Gasteiger charge is -2.13. The number of phenols is 2. The highest BCUT2D eigenvalue weighted by molar-refractivity contribution is 5.85. The summed E-state index contributed by atoms with van der Waals surface area (Å²) in [6, 6.07) is 4.28. The van der Waals surface area contributed by atoms with Gasteiger partial charge in [0.2, 0.25) is 0 Å². The van der Waals surface area contributed by atoms with E-state index in [0.717, 1.165) is 19.3 Å². The van der Waals surface area contributed by atoms with E-state index in [1.807, 2.05) is 0 Å². The van der Waals surface area contributed by atoms with Crippen LogP contribution in [0.1, 0.15) is 30.9 Å². The van der Waals surface area contributed by atoms with Crippen molar-refractivity contribution in [3.63, 3.8) is 0 Å². The van der Waals surface area contributed by atoms with Gasteiger partial charge in [0, 0.05) is 17.7 Å². The molecule has 0 saturated carbocycles. The first-order chi connectivity index (χ1) is 7.15. The van der Waals surface area contributed by atoms with E-state index >= 15 is 0 Å². The fourth-order valence-electron chi connectivity index (χ4n) is 1.51. The second-order valence-corrected chi connectivity index (χ2v) is 3.63. The van der Waals surface area contributed by atoms with Crippen LogP contribution >= 0.6 is 12.4 Å². The smallest absolute Gasteiger partial charge is 0.124 e. The summed E-state index contributed by atoms with van der Waals surface area (Å²) in [5, 5.41) is 18.7. The summed E-state index contributed by atoms with van der Waals surface area (Å²) in [5.74, 6) is 0.0978. The zero-order valence-corrected chi connectivity index (χ0v) is 9.91. The zero-order valence-electron chi connectivity index (χ0n) is 9.10. The molecule has 0 aliphatic heterocycles. The summed E-state index contributed by atoms with van der Waals surface area (Å²) in [6.45, 7) is 0.661. The highest BCUT2D eigenvalue weighted by Gasteiger charge is 2.10. The van der Waals surface area contributed by atoms with Gasteiger partial charge in [-0.05, 0) is 25.5 Å². The largest absolute Gasteiger partial charge is 0.508 e. The Balaban J connectivity index is 0.00000225. The first-order valence-electron chi connectivity index (χ1n) is 5.12. The van der Waals surface area contributed by atoms with Crippen molar-refractivity contribution in [1.82, 2.24) is 0 Å². The SMILES string of the molecule is Cl.NCCCC[C@@H](N)c1ccc(O)cc1O. The summed E-state index contributed by atoms with van der Waals surface area (Å²) in [5.41, 5.74) is 12.0. The Kier molecular flexibility index (Phi) is 6.88. The van der Waals surface area contributed by atoms with E-state index in [9.17, 15) is 5.11 Å². The molecule has 1 rings (SSSR count). The molecule has 0 saturated heterocycles. The van der Waals surface area contributed by atoms with Gasteiger partial charge in [0.05, 0.1) is 0 Å². The topological polar surface area (TPSA) is 92.5 Å². The molecule has 6 N–H and O–H groups in total. The number of hydrogen-bond acceptors (Lipinski definition) is 4. The van der Waals surface area contributed by atoms with E-state index < -0.39 is 0 Å². The minimum atomic E-state index is -0.197. The molecule has 0 heterocycles. The van der Waals surface area contributed by atoms with Crippen LogP contribution in [0.5, 0.6) is 11.5 Å². The van der Waals surface area contributed by atoms with E-state index in [0.29, 0.717) is 12.1 Å². The normalized spacial score (nSPS) is 11.9. The summed E-state index contributed by atoms with van der Waals surface area (Å²) in [6.07, 6.45) is 2.67. The minimum absolute atomic E-state index is 0. The molecule has 1 aromatic rings. The average molecular weight is 247 g/mol. The lowest BCUT2D eigenvalue weighted by molar-refractivity contribution is 0.438. The van der Waals surface area contributed by atoms with Crippen molar-refractivity contribution in [2.45, 2.75) is 25.3 Å². The van der Waals surface area contributed by atoms with Crippen LogP contribution in [-0.4, -0.2) is 16.8 Å². The molecule has 4 nitrogen and oxygen atoms in total. The van der Waals surface area contributed by atoms with Gasteiger partial charge < -0.3 is 21.7 Å². The lowest BCUT2D eigenvalue weighted by Crippen LogP contribution is -2.11. The summed E-state index contributed by atoms with van der Waals surface area (Å²) >= 11 is 0. The number of nitrogens with two attached hydrogens (primary N) is 2. The first-order valence-corrected chi connectivity index (χ1v) is 5.12. The fraction of sp³-hybridized carbons (Fsp3) is 0.455. The number of halogens is 1. The number of unbranched alkanes of at least 4 members (excludes halogenated alkanes) is 1. The molecule has 92 valence electrons. The van der Waals surface area contributed by atoms with E-state index in [-0.39, 0.29) is 29.9 Å². The molecule has 0 bridgehead atoms. The highest BCUT2D eigenvalue weighted by Crippen LogP contribution is 2.28. The molecule has 0 radical (unpaired) electrons. The van der Waals surface area contributed by atoms with Crippen LogP contribution in [0.15, 0.2) is 18.2 Å². The van der Waals surface area contributed by atoms with Crippen LogP contribution in [0.3, 0.4) is 0 Å². The molecule has 0 spiro atoms. The summed E-state index contributed by atoms with van der Waals surface area (Å²) in [4.78, 5) is 0. The second kappa shape index (κ2) is 7.33. The van der Waals surface area contributed by atoms with Gasteiger partial charge in [-0.1, -0.05) is 12.5 Å². The Morgan fingerprint density at radius 1 is 1.19 bits per heavy atom. The predicted octanol–water partition coefficient (Wildman–Crippen LogP) is 1.65. The van der Waals surface area contributed by atoms with Crippen molar-refractivity contribution in [1.29, 1.82) is 0 Å². The molecule has 0 amide bonds. The second-order valence-electron chi connectivity index (χ2n) is 3.63. The van der Waals surface area contributed by atoms with Crippen molar-refractivity contribution in [2.75, 3.05) is 6.54 Å². The van der Waals surface area contributed by atoms with Crippen LogP contribution < -0.4 is 11.5 Å². The molecule has 1 aromatic carbocycles. The summed E-state index contributed by atoms with van der Waals surface area (Å²) in [7, 11) is 0. The van der Waals surface area contributed by atoms with Gasteiger partial charge in [-0.3, -0.25) is 0 Å². The Morgan fingerprint density at radius 3 is 2.44 bits per heavy atom. The maximum absolute atomic E-state index is 9.55. The van der Waals surface area contributed by atoms with E-state index in [4.69, 9.17) is 16.6 Å². The third-order valence-electron chi connectivity index (χ3n) is 2.38. The third-order valence-corrected chi connectivity index (χ3v) is 2.38. The molecule has 0 aliphatic rings. The van der Waals surface area contributed by atoms with Gasteiger partial charge in [-0.2, -0.15) is 0 Å². The van der Waals surface area contributed by atoms with Gasteiger partial charge in [-0.15, -0.1) is 12.4 Å². The van der Waals surface area contributed by atoms with Gasteiger partial charge in [0.1, 0.15) is 11.5 Å². The zero-order chi connectivity index (χ0) is 11.3.